The number of carbonyl (C=O) groups is 1. The summed E-state index contributed by atoms with van der Waals surface area (Å²) in [5, 5.41) is 0. The quantitative estimate of drug-likeness (QED) is 0.676. The first-order valence-corrected chi connectivity index (χ1v) is 4.93. The Morgan fingerprint density at radius 3 is 2.38 bits per heavy atom. The van der Waals surface area contributed by atoms with Crippen LogP contribution >= 0.6 is 0 Å². The van der Waals surface area contributed by atoms with Crippen LogP contribution in [0.3, 0.4) is 0 Å². The van der Waals surface area contributed by atoms with Crippen molar-refractivity contribution < 1.29 is 13.2 Å². The predicted octanol–water partition coefficient (Wildman–Crippen LogP) is 1.12. The number of hydrogen-bond donors (Lipinski definition) is 0. The van der Waals surface area contributed by atoms with Gasteiger partial charge >= 0.3 is 5.97 Å². The number of rotatable bonds is 1. The topological polar surface area (TPSA) is 43.4 Å². The third-order valence-electron chi connectivity index (χ3n) is 2.20. The molecule has 1 fully saturated rings. The van der Waals surface area contributed by atoms with E-state index in [9.17, 15) is 9.00 Å². The summed E-state index contributed by atoms with van der Waals surface area (Å²) >= 11 is -1.53. The Balaban J connectivity index is 2.46. The number of carbonyl (C=O) groups excluding carboxylic acids is 1. The molecule has 1 aliphatic heterocycles. The van der Waals surface area contributed by atoms with E-state index < -0.39 is 21.8 Å². The molecule has 1 aliphatic rings. The molecule has 2 rings (SSSR count). The van der Waals surface area contributed by atoms with Gasteiger partial charge in [-0.1, -0.05) is 30.3 Å². The second-order valence-electron chi connectivity index (χ2n) is 3.00. The Morgan fingerprint density at radius 2 is 1.92 bits per heavy atom. The maximum atomic E-state index is 11.2. The molecule has 0 saturated carbocycles. The van der Waals surface area contributed by atoms with Gasteiger partial charge in [-0.2, -0.15) is 0 Å². The molecule has 0 aromatic heterocycles. The Labute approximate surface area is 78.4 Å². The second-order valence-corrected chi connectivity index (χ2v) is 4.46. The van der Waals surface area contributed by atoms with Gasteiger partial charge in [0.1, 0.15) is 0 Å². The minimum Gasteiger partial charge on any atom is -0.361 e. The van der Waals surface area contributed by atoms with E-state index in [1.807, 2.05) is 18.2 Å². The van der Waals surface area contributed by atoms with Crippen LogP contribution < -0.4 is 0 Å². The van der Waals surface area contributed by atoms with Crippen LogP contribution in [0.25, 0.3) is 0 Å². The summed E-state index contributed by atoms with van der Waals surface area (Å²) in [6.07, 6.45) is 0. The molecule has 4 heteroatoms. The van der Waals surface area contributed by atoms with Crippen molar-refractivity contribution in [3.8, 4) is 0 Å². The molecule has 1 heterocycles. The van der Waals surface area contributed by atoms with Gasteiger partial charge in [0.05, 0.1) is 0 Å². The molecule has 0 N–H and O–H groups in total. The normalized spacial score (nSPS) is 32.1. The average Bonchev–Trinajstić information content (AvgIpc) is 2.18. The van der Waals surface area contributed by atoms with Gasteiger partial charge in [-0.25, -0.2) is 9.00 Å². The molecule has 1 saturated heterocycles. The summed E-state index contributed by atoms with van der Waals surface area (Å²) < 4.78 is 14.7. The first-order valence-electron chi connectivity index (χ1n) is 3.86. The number of benzene rings is 1. The molecule has 0 aliphatic carbocycles. The first kappa shape index (κ1) is 8.44. The number of hydrogen-bond acceptors (Lipinski definition) is 3. The van der Waals surface area contributed by atoms with Crippen LogP contribution in [0.15, 0.2) is 30.3 Å². The van der Waals surface area contributed by atoms with Crippen LogP contribution in [0.2, 0.25) is 0 Å². The third kappa shape index (κ3) is 1.02. The van der Waals surface area contributed by atoms with Gasteiger partial charge in [-0.15, -0.1) is 0 Å². The fourth-order valence-corrected chi connectivity index (χ4v) is 2.10. The molecule has 2 unspecified atom stereocenters. The Kier molecular flexibility index (Phi) is 1.73. The van der Waals surface area contributed by atoms with Crippen LogP contribution in [-0.2, 0) is 24.8 Å². The highest BCUT2D eigenvalue weighted by Crippen LogP contribution is 2.37. The fraction of sp³-hybridized carbons (Fsp3) is 0.222. The maximum absolute atomic E-state index is 11.2. The van der Waals surface area contributed by atoms with Gasteiger partial charge in [0.2, 0.25) is 15.8 Å². The summed E-state index contributed by atoms with van der Waals surface area (Å²) in [5.41, 5.74) is 0.740. The van der Waals surface area contributed by atoms with Crippen LogP contribution in [0.1, 0.15) is 12.5 Å². The zero-order valence-electron chi connectivity index (χ0n) is 7.02. The summed E-state index contributed by atoms with van der Waals surface area (Å²) in [6.45, 7) is 1.63. The first-order chi connectivity index (χ1) is 6.15. The molecule has 1 aromatic carbocycles. The minimum absolute atomic E-state index is 0.419. The van der Waals surface area contributed by atoms with Gasteiger partial charge in [0, 0.05) is 0 Å². The third-order valence-corrected chi connectivity index (χ3v) is 3.57. The van der Waals surface area contributed by atoms with Crippen molar-refractivity contribution in [2.45, 2.75) is 11.7 Å². The van der Waals surface area contributed by atoms with E-state index >= 15 is 0 Å². The van der Waals surface area contributed by atoms with Gasteiger partial charge < -0.3 is 4.18 Å². The van der Waals surface area contributed by atoms with Gasteiger partial charge in [0.15, 0.2) is 0 Å². The lowest BCUT2D eigenvalue weighted by Gasteiger charge is -2.33. The monoisotopic (exact) mass is 196 g/mol. The standard InChI is InChI=1S/C9H8O3S/c1-9(8(10)12-13(9)11)7-5-3-2-4-6-7/h2-6H,1H3. The van der Waals surface area contributed by atoms with Crippen LogP contribution in [-0.4, -0.2) is 10.2 Å². The van der Waals surface area contributed by atoms with E-state index in [4.69, 9.17) is 0 Å². The zero-order chi connectivity index (χ0) is 9.47. The van der Waals surface area contributed by atoms with Crippen molar-refractivity contribution in [3.63, 3.8) is 0 Å². The highest BCUT2D eigenvalue weighted by molar-refractivity contribution is 7.84. The predicted molar refractivity (Wildman–Crippen MR) is 48.0 cm³/mol. The smallest absolute Gasteiger partial charge is 0.346 e. The van der Waals surface area contributed by atoms with Gasteiger partial charge in [0.25, 0.3) is 0 Å². The van der Waals surface area contributed by atoms with Gasteiger partial charge in [-0.3, -0.25) is 0 Å². The van der Waals surface area contributed by atoms with Crippen LogP contribution in [0.4, 0.5) is 0 Å². The van der Waals surface area contributed by atoms with Crippen molar-refractivity contribution in [2.75, 3.05) is 0 Å². The molecule has 68 valence electrons. The Bertz CT molecular complexity index is 358. The van der Waals surface area contributed by atoms with E-state index in [-0.39, 0.29) is 0 Å². The average molecular weight is 196 g/mol. The van der Waals surface area contributed by atoms with Crippen LogP contribution in [0.5, 0.6) is 0 Å². The molecule has 2 atom stereocenters. The molecular weight excluding hydrogens is 188 g/mol. The maximum Gasteiger partial charge on any atom is 0.346 e. The van der Waals surface area contributed by atoms with Crippen LogP contribution in [0, 0.1) is 0 Å². The lowest BCUT2D eigenvalue weighted by Crippen LogP contribution is -2.49. The SMILES string of the molecule is CC1(c2ccccc2)C(=O)OS1=O. The molecule has 0 amide bonds. The molecular formula is C9H8O3S. The summed E-state index contributed by atoms with van der Waals surface area (Å²) in [6, 6.07) is 9.02. The summed E-state index contributed by atoms with van der Waals surface area (Å²) in [7, 11) is 0. The highest BCUT2D eigenvalue weighted by Gasteiger charge is 2.55. The van der Waals surface area contributed by atoms with E-state index in [0.717, 1.165) is 5.56 Å². The van der Waals surface area contributed by atoms with Crippen molar-refractivity contribution in [1.29, 1.82) is 0 Å². The molecule has 0 radical (unpaired) electrons. The Hall–Kier alpha value is -1.16. The summed E-state index contributed by atoms with van der Waals surface area (Å²) in [5.74, 6) is -0.419. The molecule has 13 heavy (non-hydrogen) atoms. The lowest BCUT2D eigenvalue weighted by atomic mass is 10.0. The minimum atomic E-state index is -1.53. The molecule has 3 nitrogen and oxygen atoms in total. The van der Waals surface area contributed by atoms with E-state index in [1.165, 1.54) is 0 Å². The van der Waals surface area contributed by atoms with E-state index in [1.54, 1.807) is 19.1 Å². The largest absolute Gasteiger partial charge is 0.361 e. The zero-order valence-corrected chi connectivity index (χ0v) is 7.84. The van der Waals surface area contributed by atoms with Crippen molar-refractivity contribution >= 4 is 17.0 Å². The van der Waals surface area contributed by atoms with Crippen molar-refractivity contribution in [3.05, 3.63) is 35.9 Å². The molecule has 0 spiro atoms. The lowest BCUT2D eigenvalue weighted by molar-refractivity contribution is -0.141. The second kappa shape index (κ2) is 2.67. The van der Waals surface area contributed by atoms with Crippen molar-refractivity contribution in [2.24, 2.45) is 0 Å². The van der Waals surface area contributed by atoms with E-state index in [0.29, 0.717) is 0 Å². The van der Waals surface area contributed by atoms with E-state index in [2.05, 4.69) is 4.18 Å². The van der Waals surface area contributed by atoms with Crippen molar-refractivity contribution in [1.82, 2.24) is 0 Å². The molecule has 1 aromatic rings. The Morgan fingerprint density at radius 1 is 1.31 bits per heavy atom. The summed E-state index contributed by atoms with van der Waals surface area (Å²) in [4.78, 5) is 11.1. The van der Waals surface area contributed by atoms with Gasteiger partial charge in [-0.05, 0) is 12.5 Å². The molecule has 0 bridgehead atoms. The highest BCUT2D eigenvalue weighted by atomic mass is 32.2. The fourth-order valence-electron chi connectivity index (χ4n) is 1.24.